The van der Waals surface area contributed by atoms with E-state index in [0.717, 1.165) is 12.8 Å². The van der Waals surface area contributed by atoms with Crippen molar-refractivity contribution in [2.75, 3.05) is 0 Å². The van der Waals surface area contributed by atoms with Crippen LogP contribution in [0.1, 0.15) is 65.7 Å². The molecule has 0 spiro atoms. The van der Waals surface area contributed by atoms with Gasteiger partial charge < -0.3 is 4.74 Å². The van der Waals surface area contributed by atoms with E-state index in [1.54, 1.807) is 6.08 Å². The van der Waals surface area contributed by atoms with Crippen molar-refractivity contribution in [1.29, 1.82) is 0 Å². The number of hydrogen-bond acceptors (Lipinski definition) is 2. The Morgan fingerprint density at radius 3 is 2.50 bits per heavy atom. The van der Waals surface area contributed by atoms with Crippen LogP contribution in [0.3, 0.4) is 0 Å². The third kappa shape index (κ3) is 9.75. The predicted octanol–water partition coefficient (Wildman–Crippen LogP) is 4.24. The molecule has 0 bridgehead atoms. The van der Waals surface area contributed by atoms with Crippen molar-refractivity contribution in [2.45, 2.75) is 71.8 Å². The topological polar surface area (TPSA) is 26.3 Å². The van der Waals surface area contributed by atoms with Gasteiger partial charge in [-0.2, -0.15) is 0 Å². The molecule has 0 saturated heterocycles. The van der Waals surface area contributed by atoms with Gasteiger partial charge in [-0.1, -0.05) is 45.6 Å². The molecule has 0 aliphatic carbocycles. The summed E-state index contributed by atoms with van der Waals surface area (Å²) in [4.78, 5) is 11.2. The molecule has 94 valence electrons. The third-order valence-corrected chi connectivity index (χ3v) is 2.62. The van der Waals surface area contributed by atoms with Crippen molar-refractivity contribution in [3.05, 3.63) is 12.2 Å². The van der Waals surface area contributed by atoms with Crippen LogP contribution >= 0.6 is 0 Å². The van der Waals surface area contributed by atoms with E-state index in [0.29, 0.717) is 0 Å². The molecule has 0 aliphatic rings. The smallest absolute Gasteiger partial charge is 0.330 e. The maximum absolute atomic E-state index is 11.2. The highest BCUT2D eigenvalue weighted by Crippen LogP contribution is 2.05. The van der Waals surface area contributed by atoms with Gasteiger partial charge in [-0.15, -0.1) is 0 Å². The van der Waals surface area contributed by atoms with Crippen molar-refractivity contribution in [3.63, 3.8) is 0 Å². The lowest BCUT2D eigenvalue weighted by Crippen LogP contribution is -2.11. The first-order valence-electron chi connectivity index (χ1n) is 6.57. The van der Waals surface area contributed by atoms with Crippen LogP contribution in [0.25, 0.3) is 0 Å². The number of hydrogen-bond donors (Lipinski definition) is 0. The van der Waals surface area contributed by atoms with Gasteiger partial charge in [-0.3, -0.25) is 0 Å². The van der Waals surface area contributed by atoms with Gasteiger partial charge in [0.25, 0.3) is 0 Å². The molecule has 0 aromatic rings. The largest absolute Gasteiger partial charge is 0.460 e. The van der Waals surface area contributed by atoms with Crippen molar-refractivity contribution < 1.29 is 9.53 Å². The Labute approximate surface area is 100 Å². The highest BCUT2D eigenvalue weighted by molar-refractivity contribution is 5.81. The quantitative estimate of drug-likeness (QED) is 0.334. The molecule has 0 N–H and O–H groups in total. The van der Waals surface area contributed by atoms with Crippen LogP contribution in [0, 0.1) is 0 Å². The summed E-state index contributed by atoms with van der Waals surface area (Å²) in [6.07, 6.45) is 11.7. The molecule has 0 saturated carbocycles. The summed E-state index contributed by atoms with van der Waals surface area (Å²) in [7, 11) is 0. The Morgan fingerprint density at radius 2 is 1.88 bits per heavy atom. The molecule has 0 fully saturated rings. The van der Waals surface area contributed by atoms with Crippen LogP contribution in [-0.4, -0.2) is 12.1 Å². The maximum Gasteiger partial charge on any atom is 0.330 e. The second-order valence-electron chi connectivity index (χ2n) is 4.26. The molecule has 16 heavy (non-hydrogen) atoms. The zero-order valence-electron chi connectivity index (χ0n) is 11.0. The molecular formula is C14H26O2. The fourth-order valence-corrected chi connectivity index (χ4v) is 1.37. The predicted molar refractivity (Wildman–Crippen MR) is 68.4 cm³/mol. The van der Waals surface area contributed by atoms with Gasteiger partial charge in [0.15, 0.2) is 0 Å². The standard InChI is InChI=1S/C14H26O2/c1-4-6-7-8-9-10-11-12-14(15)16-13(3)5-2/h11-13H,4-10H2,1-3H3/b12-11+. The van der Waals surface area contributed by atoms with Crippen LogP contribution < -0.4 is 0 Å². The number of esters is 1. The van der Waals surface area contributed by atoms with Gasteiger partial charge in [0.05, 0.1) is 6.10 Å². The van der Waals surface area contributed by atoms with Gasteiger partial charge in [-0.25, -0.2) is 4.79 Å². The summed E-state index contributed by atoms with van der Waals surface area (Å²) in [6.45, 7) is 6.14. The Hall–Kier alpha value is -0.790. The summed E-state index contributed by atoms with van der Waals surface area (Å²) in [6, 6.07) is 0. The van der Waals surface area contributed by atoms with E-state index in [1.807, 2.05) is 19.9 Å². The zero-order chi connectivity index (χ0) is 12.2. The number of allylic oxidation sites excluding steroid dienone is 1. The van der Waals surface area contributed by atoms with Gasteiger partial charge in [0.1, 0.15) is 0 Å². The minimum atomic E-state index is -0.206. The molecule has 0 aromatic carbocycles. The summed E-state index contributed by atoms with van der Waals surface area (Å²) < 4.78 is 5.12. The summed E-state index contributed by atoms with van der Waals surface area (Å²) in [5.41, 5.74) is 0. The minimum Gasteiger partial charge on any atom is -0.460 e. The first-order valence-corrected chi connectivity index (χ1v) is 6.57. The maximum atomic E-state index is 11.2. The number of unbranched alkanes of at least 4 members (excludes halogenated alkanes) is 5. The third-order valence-electron chi connectivity index (χ3n) is 2.62. The zero-order valence-corrected chi connectivity index (χ0v) is 11.0. The van der Waals surface area contributed by atoms with Crippen molar-refractivity contribution >= 4 is 5.97 Å². The van der Waals surface area contributed by atoms with E-state index in [9.17, 15) is 4.79 Å². The lowest BCUT2D eigenvalue weighted by molar-refractivity contribution is -0.142. The highest BCUT2D eigenvalue weighted by atomic mass is 16.5. The summed E-state index contributed by atoms with van der Waals surface area (Å²) >= 11 is 0. The van der Waals surface area contributed by atoms with Crippen LogP contribution in [0.15, 0.2) is 12.2 Å². The molecule has 0 amide bonds. The molecular weight excluding hydrogens is 200 g/mol. The normalized spacial score (nSPS) is 12.9. The number of carbonyl (C=O) groups is 1. The molecule has 0 aromatic heterocycles. The summed E-state index contributed by atoms with van der Waals surface area (Å²) in [5, 5.41) is 0. The van der Waals surface area contributed by atoms with E-state index in [1.165, 1.54) is 32.1 Å². The number of carbonyl (C=O) groups excluding carboxylic acids is 1. The second-order valence-corrected chi connectivity index (χ2v) is 4.26. The fraction of sp³-hybridized carbons (Fsp3) is 0.786. The van der Waals surface area contributed by atoms with Crippen LogP contribution in [0.4, 0.5) is 0 Å². The van der Waals surface area contributed by atoms with Crippen LogP contribution in [0.5, 0.6) is 0 Å². The first-order chi connectivity index (χ1) is 7.70. The van der Waals surface area contributed by atoms with E-state index < -0.39 is 0 Å². The lowest BCUT2D eigenvalue weighted by atomic mass is 10.1. The fourth-order valence-electron chi connectivity index (χ4n) is 1.37. The minimum absolute atomic E-state index is 0.0294. The molecule has 2 heteroatoms. The Kier molecular flexibility index (Phi) is 10.2. The molecule has 2 nitrogen and oxygen atoms in total. The molecule has 0 radical (unpaired) electrons. The average Bonchev–Trinajstić information content (AvgIpc) is 2.27. The molecule has 1 atom stereocenters. The van der Waals surface area contributed by atoms with Gasteiger partial charge in [-0.05, 0) is 26.2 Å². The average molecular weight is 226 g/mol. The number of rotatable bonds is 9. The number of ether oxygens (including phenoxy) is 1. The SMILES string of the molecule is CCCCCCC/C=C/C(=O)OC(C)CC. The van der Waals surface area contributed by atoms with Gasteiger partial charge in [0, 0.05) is 6.08 Å². The highest BCUT2D eigenvalue weighted by Gasteiger charge is 2.02. The van der Waals surface area contributed by atoms with Gasteiger partial charge in [0.2, 0.25) is 0 Å². The molecule has 0 rings (SSSR count). The van der Waals surface area contributed by atoms with E-state index >= 15 is 0 Å². The second kappa shape index (κ2) is 10.7. The monoisotopic (exact) mass is 226 g/mol. The van der Waals surface area contributed by atoms with Crippen LogP contribution in [-0.2, 0) is 9.53 Å². The van der Waals surface area contributed by atoms with Crippen molar-refractivity contribution in [1.82, 2.24) is 0 Å². The van der Waals surface area contributed by atoms with Crippen molar-refractivity contribution in [2.24, 2.45) is 0 Å². The molecule has 1 unspecified atom stereocenters. The molecule has 0 aliphatic heterocycles. The van der Waals surface area contributed by atoms with Crippen molar-refractivity contribution in [3.8, 4) is 0 Å². The Bertz CT molecular complexity index is 197. The lowest BCUT2D eigenvalue weighted by Gasteiger charge is -2.07. The van der Waals surface area contributed by atoms with Gasteiger partial charge >= 0.3 is 5.97 Å². The van der Waals surface area contributed by atoms with Crippen LogP contribution in [0.2, 0.25) is 0 Å². The molecule has 0 heterocycles. The first kappa shape index (κ1) is 15.2. The van der Waals surface area contributed by atoms with E-state index in [4.69, 9.17) is 4.74 Å². The van der Waals surface area contributed by atoms with E-state index in [-0.39, 0.29) is 12.1 Å². The Morgan fingerprint density at radius 1 is 1.19 bits per heavy atom. The summed E-state index contributed by atoms with van der Waals surface area (Å²) in [5.74, 6) is -0.206. The Balaban J connectivity index is 3.41. The van der Waals surface area contributed by atoms with E-state index in [2.05, 4.69) is 6.92 Å².